The number of hydrogen-bond acceptors (Lipinski definition) is 3. The zero-order valence-corrected chi connectivity index (χ0v) is 20.3. The van der Waals surface area contributed by atoms with Gasteiger partial charge in [0.05, 0.1) is 12.2 Å². The fourth-order valence-corrected chi connectivity index (χ4v) is 5.18. The molecule has 6 heteroatoms. The van der Waals surface area contributed by atoms with E-state index in [0.717, 1.165) is 51.0 Å². The summed E-state index contributed by atoms with van der Waals surface area (Å²) in [5.74, 6) is -0.0225. The van der Waals surface area contributed by atoms with Crippen LogP contribution in [0.2, 0.25) is 0 Å². The van der Waals surface area contributed by atoms with Crippen molar-refractivity contribution in [2.45, 2.75) is 31.7 Å². The van der Waals surface area contributed by atoms with Crippen LogP contribution in [0.3, 0.4) is 0 Å². The Morgan fingerprint density at radius 2 is 1.78 bits per heavy atom. The van der Waals surface area contributed by atoms with Gasteiger partial charge in [-0.2, -0.15) is 0 Å². The van der Waals surface area contributed by atoms with Gasteiger partial charge in [0.15, 0.2) is 0 Å². The van der Waals surface area contributed by atoms with Gasteiger partial charge in [0, 0.05) is 30.2 Å². The number of nitrogens with zero attached hydrogens (tertiary/aromatic N) is 2. The van der Waals surface area contributed by atoms with Crippen LogP contribution < -0.4 is 4.74 Å². The van der Waals surface area contributed by atoms with Gasteiger partial charge in [0.25, 0.3) is 0 Å². The number of carboxylic acid groups (broad SMARTS) is 1. The van der Waals surface area contributed by atoms with E-state index in [1.54, 1.807) is 24.3 Å². The number of carbonyl (C=O) groups is 1. The van der Waals surface area contributed by atoms with E-state index in [9.17, 15) is 9.18 Å². The lowest BCUT2D eigenvalue weighted by molar-refractivity contribution is 0.0696. The highest BCUT2D eigenvalue weighted by Gasteiger charge is 2.23. The zero-order valence-electron chi connectivity index (χ0n) is 20.3. The lowest BCUT2D eigenvalue weighted by Crippen LogP contribution is -2.34. The molecule has 4 aromatic rings. The van der Waals surface area contributed by atoms with Gasteiger partial charge in [-0.25, -0.2) is 9.18 Å². The summed E-state index contributed by atoms with van der Waals surface area (Å²) in [5, 5.41) is 10.4. The maximum absolute atomic E-state index is 13.3. The first-order chi connectivity index (χ1) is 17.6. The van der Waals surface area contributed by atoms with Crippen LogP contribution in [0.25, 0.3) is 10.9 Å². The fourth-order valence-electron chi connectivity index (χ4n) is 5.18. The maximum Gasteiger partial charge on any atom is 0.335 e. The van der Waals surface area contributed by atoms with Gasteiger partial charge in [0.1, 0.15) is 11.6 Å². The van der Waals surface area contributed by atoms with Gasteiger partial charge < -0.3 is 19.3 Å². The molecule has 1 aliphatic rings. The molecule has 2 heterocycles. The number of para-hydroxylation sites is 1. The van der Waals surface area contributed by atoms with Crippen molar-refractivity contribution in [2.75, 3.05) is 26.2 Å². The molecule has 5 nitrogen and oxygen atoms in total. The molecule has 36 heavy (non-hydrogen) atoms. The maximum atomic E-state index is 13.3. The predicted molar refractivity (Wildman–Crippen MR) is 139 cm³/mol. The minimum atomic E-state index is -0.943. The SMILES string of the molecule is O=C(O)c1cccc(OCCCN2CCC(c3cn(Cc4ccc(F)cc4)c4ccccc34)CC2)c1. The summed E-state index contributed by atoms with van der Waals surface area (Å²) >= 11 is 0. The van der Waals surface area contributed by atoms with E-state index >= 15 is 0 Å². The second-order valence-corrected chi connectivity index (χ2v) is 9.51. The van der Waals surface area contributed by atoms with Gasteiger partial charge in [-0.3, -0.25) is 0 Å². The number of halogens is 1. The molecule has 0 amide bonds. The molecule has 5 rings (SSSR count). The molecule has 3 aromatic carbocycles. The van der Waals surface area contributed by atoms with Crippen LogP contribution in [0.15, 0.2) is 79.0 Å². The number of ether oxygens (including phenoxy) is 1. The summed E-state index contributed by atoms with van der Waals surface area (Å²) < 4.78 is 21.4. The molecule has 1 saturated heterocycles. The van der Waals surface area contributed by atoms with Crippen molar-refractivity contribution in [3.8, 4) is 5.75 Å². The van der Waals surface area contributed by atoms with Gasteiger partial charge in [-0.15, -0.1) is 0 Å². The Balaban J connectivity index is 1.16. The Hall–Kier alpha value is -3.64. The van der Waals surface area contributed by atoms with Crippen molar-refractivity contribution >= 4 is 16.9 Å². The number of fused-ring (bicyclic) bond motifs is 1. The Kier molecular flexibility index (Phi) is 7.33. The average molecular weight is 487 g/mol. The largest absolute Gasteiger partial charge is 0.494 e. The van der Waals surface area contributed by atoms with Gasteiger partial charge >= 0.3 is 5.97 Å². The topological polar surface area (TPSA) is 54.7 Å². The van der Waals surface area contributed by atoms with E-state index in [2.05, 4.69) is 39.9 Å². The molecule has 1 aromatic heterocycles. The lowest BCUT2D eigenvalue weighted by atomic mass is 9.89. The van der Waals surface area contributed by atoms with E-state index in [-0.39, 0.29) is 11.4 Å². The first kappa shape index (κ1) is 24.1. The summed E-state index contributed by atoms with van der Waals surface area (Å²) in [4.78, 5) is 13.6. The minimum absolute atomic E-state index is 0.206. The van der Waals surface area contributed by atoms with Crippen molar-refractivity contribution in [3.63, 3.8) is 0 Å². The quantitative estimate of drug-likeness (QED) is 0.287. The third kappa shape index (κ3) is 5.60. The Labute approximate surface area is 210 Å². The standard InChI is InChI=1S/C30H31FN2O3/c31-25-11-9-22(10-12-25)20-33-21-28(27-7-1-2-8-29(27)33)23-13-16-32(17-14-23)15-4-18-36-26-6-3-5-24(19-26)30(34)35/h1-3,5-12,19,21,23H,4,13-18,20H2,(H,34,35). The number of likely N-dealkylation sites (tertiary alicyclic amines) is 1. The summed E-state index contributed by atoms with van der Waals surface area (Å²) in [5.41, 5.74) is 3.97. The molecule has 186 valence electrons. The Bertz CT molecular complexity index is 1320. The van der Waals surface area contributed by atoms with Crippen LogP contribution in [-0.4, -0.2) is 46.8 Å². The van der Waals surface area contributed by atoms with Gasteiger partial charge in [-0.05, 0) is 85.8 Å². The summed E-state index contributed by atoms with van der Waals surface area (Å²) in [6, 6.07) is 22.0. The number of benzene rings is 3. The van der Waals surface area contributed by atoms with Gasteiger partial charge in [0.2, 0.25) is 0 Å². The number of carboxylic acids is 1. The third-order valence-corrected chi connectivity index (χ3v) is 7.08. The molecule has 0 saturated carbocycles. The highest BCUT2D eigenvalue weighted by Crippen LogP contribution is 2.35. The van der Waals surface area contributed by atoms with Crippen LogP contribution in [0.1, 0.15) is 46.7 Å². The third-order valence-electron chi connectivity index (χ3n) is 7.08. The van der Waals surface area contributed by atoms with Crippen molar-refractivity contribution in [3.05, 3.63) is 102 Å². The number of rotatable bonds is 9. The predicted octanol–water partition coefficient (Wildman–Crippen LogP) is 6.18. The van der Waals surface area contributed by atoms with E-state index in [0.29, 0.717) is 18.3 Å². The van der Waals surface area contributed by atoms with Crippen LogP contribution in [0, 0.1) is 5.82 Å². The first-order valence-electron chi connectivity index (χ1n) is 12.6. The van der Waals surface area contributed by atoms with Crippen LogP contribution in [-0.2, 0) is 6.54 Å². The minimum Gasteiger partial charge on any atom is -0.494 e. The van der Waals surface area contributed by atoms with Crippen molar-refractivity contribution in [1.82, 2.24) is 9.47 Å². The summed E-state index contributed by atoms with van der Waals surface area (Å²) in [6.45, 7) is 4.37. The van der Waals surface area contributed by atoms with Gasteiger partial charge in [-0.1, -0.05) is 36.4 Å². The second kappa shape index (κ2) is 11.0. The van der Waals surface area contributed by atoms with Crippen LogP contribution >= 0.6 is 0 Å². The average Bonchev–Trinajstić information content (AvgIpc) is 3.27. The molecule has 1 aliphatic heterocycles. The molecule has 0 atom stereocenters. The highest BCUT2D eigenvalue weighted by molar-refractivity contribution is 5.88. The normalized spacial score (nSPS) is 14.8. The van der Waals surface area contributed by atoms with Crippen molar-refractivity contribution in [2.24, 2.45) is 0 Å². The van der Waals surface area contributed by atoms with E-state index < -0.39 is 5.97 Å². The number of piperidine rings is 1. The molecular weight excluding hydrogens is 455 g/mol. The summed E-state index contributed by atoms with van der Waals surface area (Å²) in [6.07, 6.45) is 5.44. The summed E-state index contributed by atoms with van der Waals surface area (Å²) in [7, 11) is 0. The highest BCUT2D eigenvalue weighted by atomic mass is 19.1. The first-order valence-corrected chi connectivity index (χ1v) is 12.6. The smallest absolute Gasteiger partial charge is 0.335 e. The fraction of sp³-hybridized carbons (Fsp3) is 0.300. The van der Waals surface area contributed by atoms with Crippen LogP contribution in [0.5, 0.6) is 5.75 Å². The molecule has 0 aliphatic carbocycles. The zero-order chi connectivity index (χ0) is 24.9. The molecule has 0 bridgehead atoms. The van der Waals surface area contributed by atoms with Crippen LogP contribution in [0.4, 0.5) is 4.39 Å². The van der Waals surface area contributed by atoms with E-state index in [1.165, 1.54) is 28.6 Å². The Morgan fingerprint density at radius 1 is 1.00 bits per heavy atom. The molecule has 0 unspecified atom stereocenters. The lowest BCUT2D eigenvalue weighted by Gasteiger charge is -2.32. The number of aromatic carboxylic acids is 1. The molecule has 1 N–H and O–H groups in total. The van der Waals surface area contributed by atoms with Crippen molar-refractivity contribution in [1.29, 1.82) is 0 Å². The molecule has 0 spiro atoms. The number of hydrogen-bond donors (Lipinski definition) is 1. The second-order valence-electron chi connectivity index (χ2n) is 9.51. The van der Waals surface area contributed by atoms with E-state index in [1.807, 2.05) is 12.1 Å². The molecule has 1 fully saturated rings. The monoisotopic (exact) mass is 486 g/mol. The molecular formula is C30H31FN2O3. The Morgan fingerprint density at radius 3 is 2.56 bits per heavy atom. The number of aromatic nitrogens is 1. The van der Waals surface area contributed by atoms with Crippen molar-refractivity contribution < 1.29 is 19.0 Å². The molecule has 0 radical (unpaired) electrons. The van der Waals surface area contributed by atoms with E-state index in [4.69, 9.17) is 9.84 Å².